The Morgan fingerprint density at radius 2 is 2.09 bits per heavy atom. The molecule has 0 bridgehead atoms. The smallest absolute Gasteiger partial charge is 0.251 e. The second kappa shape index (κ2) is 6.23. The number of ether oxygens (including phenoxy) is 2. The maximum absolute atomic E-state index is 12.3. The maximum atomic E-state index is 12.3. The van der Waals surface area contributed by atoms with Crippen molar-refractivity contribution in [2.24, 2.45) is 5.73 Å². The molecule has 7 nitrogen and oxygen atoms in total. The van der Waals surface area contributed by atoms with Crippen LogP contribution in [0.2, 0.25) is 0 Å². The van der Waals surface area contributed by atoms with E-state index in [1.165, 1.54) is 12.0 Å². The van der Waals surface area contributed by atoms with Gasteiger partial charge in [0.2, 0.25) is 5.91 Å². The van der Waals surface area contributed by atoms with Crippen LogP contribution in [-0.2, 0) is 16.0 Å². The van der Waals surface area contributed by atoms with Gasteiger partial charge in [-0.05, 0) is 6.07 Å². The number of methoxy groups -OCH3 is 2. The Balaban J connectivity index is 2.09. The summed E-state index contributed by atoms with van der Waals surface area (Å²) in [4.78, 5) is 25.0. The van der Waals surface area contributed by atoms with Gasteiger partial charge >= 0.3 is 0 Å². The number of rotatable bonds is 5. The standard InChI is InChI=1S/C15H20N2O5/c1-21-11-4-3-10(12(8-11)22-2)7-13(18)17-6-5-15(20,9-17)14(16)19/h3-4,8,20H,5-7,9H2,1-2H3,(H2,16,19). The second-order valence-electron chi connectivity index (χ2n) is 5.32. The van der Waals surface area contributed by atoms with E-state index < -0.39 is 11.5 Å². The second-order valence-corrected chi connectivity index (χ2v) is 5.32. The summed E-state index contributed by atoms with van der Waals surface area (Å²) in [5.74, 6) is 0.194. The average Bonchev–Trinajstić information content (AvgIpc) is 2.91. The molecule has 1 heterocycles. The van der Waals surface area contributed by atoms with Gasteiger partial charge in [0, 0.05) is 24.6 Å². The third-order valence-electron chi connectivity index (χ3n) is 3.90. The Bertz CT molecular complexity index is 589. The van der Waals surface area contributed by atoms with Gasteiger partial charge in [-0.3, -0.25) is 9.59 Å². The Hall–Kier alpha value is -2.28. The quantitative estimate of drug-likeness (QED) is 0.777. The summed E-state index contributed by atoms with van der Waals surface area (Å²) in [5, 5.41) is 10.0. The molecule has 120 valence electrons. The van der Waals surface area contributed by atoms with Crippen LogP contribution in [0.15, 0.2) is 18.2 Å². The van der Waals surface area contributed by atoms with Crippen molar-refractivity contribution in [1.29, 1.82) is 0 Å². The van der Waals surface area contributed by atoms with Crippen molar-refractivity contribution >= 4 is 11.8 Å². The fourth-order valence-corrected chi connectivity index (χ4v) is 2.48. The maximum Gasteiger partial charge on any atom is 0.251 e. The third kappa shape index (κ3) is 3.14. The number of likely N-dealkylation sites (tertiary alicyclic amines) is 1. The van der Waals surface area contributed by atoms with Crippen LogP contribution in [-0.4, -0.2) is 54.7 Å². The molecule has 0 radical (unpaired) electrons. The molecule has 1 aliphatic heterocycles. The van der Waals surface area contributed by atoms with E-state index in [2.05, 4.69) is 0 Å². The fraction of sp³-hybridized carbons (Fsp3) is 0.467. The number of nitrogens with two attached hydrogens (primary N) is 1. The van der Waals surface area contributed by atoms with Gasteiger partial charge in [0.25, 0.3) is 5.91 Å². The molecule has 2 rings (SSSR count). The van der Waals surface area contributed by atoms with Crippen LogP contribution in [0.1, 0.15) is 12.0 Å². The largest absolute Gasteiger partial charge is 0.497 e. The molecule has 1 aliphatic rings. The predicted molar refractivity (Wildman–Crippen MR) is 78.6 cm³/mol. The summed E-state index contributed by atoms with van der Waals surface area (Å²) in [6, 6.07) is 5.20. The molecule has 7 heteroatoms. The van der Waals surface area contributed by atoms with E-state index in [0.29, 0.717) is 23.6 Å². The van der Waals surface area contributed by atoms with E-state index in [-0.39, 0.29) is 25.3 Å². The lowest BCUT2D eigenvalue weighted by Crippen LogP contribution is -2.46. The van der Waals surface area contributed by atoms with Crippen LogP contribution in [0.3, 0.4) is 0 Å². The summed E-state index contributed by atoms with van der Waals surface area (Å²) in [6.07, 6.45) is 0.274. The first-order valence-electron chi connectivity index (χ1n) is 6.90. The summed E-state index contributed by atoms with van der Waals surface area (Å²) in [7, 11) is 3.07. The molecule has 0 aromatic heterocycles. The van der Waals surface area contributed by atoms with Crippen molar-refractivity contribution in [2.75, 3.05) is 27.3 Å². The molecule has 0 aliphatic carbocycles. The molecule has 1 aromatic carbocycles. The molecule has 1 saturated heterocycles. The number of primary amides is 1. The lowest BCUT2D eigenvalue weighted by atomic mass is 10.0. The molecule has 1 aromatic rings. The molecule has 22 heavy (non-hydrogen) atoms. The number of hydrogen-bond donors (Lipinski definition) is 2. The van der Waals surface area contributed by atoms with Gasteiger partial charge in [-0.25, -0.2) is 0 Å². The Morgan fingerprint density at radius 3 is 2.64 bits per heavy atom. The fourth-order valence-electron chi connectivity index (χ4n) is 2.48. The number of nitrogens with zero attached hydrogens (tertiary/aromatic N) is 1. The minimum atomic E-state index is -1.63. The van der Waals surface area contributed by atoms with Gasteiger partial charge in [-0.1, -0.05) is 6.07 Å². The van der Waals surface area contributed by atoms with Gasteiger partial charge < -0.3 is 25.2 Å². The zero-order chi connectivity index (χ0) is 16.3. The lowest BCUT2D eigenvalue weighted by molar-refractivity contribution is -0.137. The SMILES string of the molecule is COc1ccc(CC(=O)N2CCC(O)(C(N)=O)C2)c(OC)c1. The van der Waals surface area contributed by atoms with Crippen molar-refractivity contribution in [3.05, 3.63) is 23.8 Å². The minimum Gasteiger partial charge on any atom is -0.497 e. The van der Waals surface area contributed by atoms with E-state index >= 15 is 0 Å². The molecule has 3 N–H and O–H groups in total. The topological polar surface area (TPSA) is 102 Å². The van der Waals surface area contributed by atoms with Crippen LogP contribution in [0.25, 0.3) is 0 Å². The van der Waals surface area contributed by atoms with Gasteiger partial charge in [0.05, 0.1) is 27.2 Å². The number of amides is 2. The molecular formula is C15H20N2O5. The molecule has 0 spiro atoms. The minimum absolute atomic E-state index is 0.0698. The zero-order valence-electron chi connectivity index (χ0n) is 12.7. The van der Waals surface area contributed by atoms with Gasteiger partial charge in [0.15, 0.2) is 5.60 Å². The van der Waals surface area contributed by atoms with E-state index in [4.69, 9.17) is 15.2 Å². The predicted octanol–water partition coefficient (Wildman–Crippen LogP) is -0.305. The number of β-amino-alcohol motifs (C(OH)–C–C–N with tert-alkyl or cyclic N) is 1. The molecular weight excluding hydrogens is 288 g/mol. The van der Waals surface area contributed by atoms with Gasteiger partial charge in [-0.2, -0.15) is 0 Å². The summed E-state index contributed by atoms with van der Waals surface area (Å²) in [6.45, 7) is 0.233. The highest BCUT2D eigenvalue weighted by Crippen LogP contribution is 2.27. The summed E-state index contributed by atoms with van der Waals surface area (Å²) < 4.78 is 10.4. The lowest BCUT2D eigenvalue weighted by Gasteiger charge is -2.20. The van der Waals surface area contributed by atoms with E-state index in [0.717, 1.165) is 0 Å². The zero-order valence-corrected chi connectivity index (χ0v) is 12.7. The van der Waals surface area contributed by atoms with Crippen LogP contribution < -0.4 is 15.2 Å². The molecule has 1 atom stereocenters. The first-order chi connectivity index (χ1) is 10.4. The Labute approximate surface area is 128 Å². The molecule has 0 saturated carbocycles. The van der Waals surface area contributed by atoms with Crippen LogP contribution in [0.5, 0.6) is 11.5 Å². The molecule has 1 unspecified atom stereocenters. The van der Waals surface area contributed by atoms with Crippen LogP contribution >= 0.6 is 0 Å². The summed E-state index contributed by atoms with van der Waals surface area (Å²) >= 11 is 0. The highest BCUT2D eigenvalue weighted by Gasteiger charge is 2.42. The van der Waals surface area contributed by atoms with Crippen LogP contribution in [0, 0.1) is 0 Å². The van der Waals surface area contributed by atoms with E-state index in [1.54, 1.807) is 25.3 Å². The number of benzene rings is 1. The van der Waals surface area contributed by atoms with E-state index in [9.17, 15) is 14.7 Å². The highest BCUT2D eigenvalue weighted by atomic mass is 16.5. The number of carbonyl (C=O) groups excluding carboxylic acids is 2. The highest BCUT2D eigenvalue weighted by molar-refractivity contribution is 5.86. The van der Waals surface area contributed by atoms with Crippen LogP contribution in [0.4, 0.5) is 0 Å². The van der Waals surface area contributed by atoms with E-state index in [1.807, 2.05) is 0 Å². The number of carbonyl (C=O) groups is 2. The monoisotopic (exact) mass is 308 g/mol. The Morgan fingerprint density at radius 1 is 1.36 bits per heavy atom. The van der Waals surface area contributed by atoms with Crippen molar-refractivity contribution in [2.45, 2.75) is 18.4 Å². The molecule has 1 fully saturated rings. The van der Waals surface area contributed by atoms with Crippen molar-refractivity contribution in [3.63, 3.8) is 0 Å². The number of aliphatic hydroxyl groups is 1. The summed E-state index contributed by atoms with van der Waals surface area (Å²) in [5.41, 5.74) is 4.25. The van der Waals surface area contributed by atoms with Crippen molar-refractivity contribution in [3.8, 4) is 11.5 Å². The van der Waals surface area contributed by atoms with Crippen molar-refractivity contribution < 1.29 is 24.2 Å². The normalized spacial score (nSPS) is 20.8. The van der Waals surface area contributed by atoms with Gasteiger partial charge in [0.1, 0.15) is 11.5 Å². The van der Waals surface area contributed by atoms with Crippen molar-refractivity contribution in [1.82, 2.24) is 4.90 Å². The Kier molecular flexibility index (Phi) is 4.56. The van der Waals surface area contributed by atoms with Gasteiger partial charge in [-0.15, -0.1) is 0 Å². The average molecular weight is 308 g/mol. The first-order valence-corrected chi connectivity index (χ1v) is 6.90. The third-order valence-corrected chi connectivity index (χ3v) is 3.90. The number of hydrogen-bond acceptors (Lipinski definition) is 5. The first kappa shape index (κ1) is 16.1. The molecule has 2 amide bonds.